The van der Waals surface area contributed by atoms with Crippen LogP contribution in [0.2, 0.25) is 0 Å². The third-order valence-corrected chi connectivity index (χ3v) is 8.52. The molecule has 0 aliphatic carbocycles. The van der Waals surface area contributed by atoms with Crippen LogP contribution in [0.4, 0.5) is 5.69 Å². The lowest BCUT2D eigenvalue weighted by Crippen LogP contribution is -2.39. The Kier molecular flexibility index (Phi) is 6.59. The number of pyridine rings is 1. The van der Waals surface area contributed by atoms with Gasteiger partial charge in [-0.2, -0.15) is 4.31 Å². The Morgan fingerprint density at radius 3 is 2.53 bits per heavy atom. The first-order chi connectivity index (χ1) is 17.3. The molecule has 8 nitrogen and oxygen atoms in total. The summed E-state index contributed by atoms with van der Waals surface area (Å²) in [6, 6.07) is 19.2. The Hall–Kier alpha value is -3.56. The van der Waals surface area contributed by atoms with Gasteiger partial charge in [-0.1, -0.05) is 36.4 Å². The van der Waals surface area contributed by atoms with E-state index in [4.69, 9.17) is 4.98 Å². The Bertz CT molecular complexity index is 1510. The smallest absolute Gasteiger partial charge is 0.245 e. The molecule has 0 radical (unpaired) electrons. The van der Waals surface area contributed by atoms with Gasteiger partial charge < -0.3 is 9.88 Å². The van der Waals surface area contributed by atoms with Crippen LogP contribution < -0.4 is 5.32 Å². The van der Waals surface area contributed by atoms with Gasteiger partial charge in [-0.3, -0.25) is 4.79 Å². The topological polar surface area (TPSA) is 97.2 Å². The lowest BCUT2D eigenvalue weighted by molar-refractivity contribution is -0.114. The highest BCUT2D eigenvalue weighted by Crippen LogP contribution is 2.33. The number of nitrogens with one attached hydrogen (secondary N) is 1. The van der Waals surface area contributed by atoms with E-state index >= 15 is 0 Å². The highest BCUT2D eigenvalue weighted by Gasteiger charge is 2.33. The van der Waals surface area contributed by atoms with Gasteiger partial charge >= 0.3 is 0 Å². The van der Waals surface area contributed by atoms with Crippen molar-refractivity contribution in [2.75, 3.05) is 18.4 Å². The van der Waals surface area contributed by atoms with Gasteiger partial charge in [0.15, 0.2) is 5.65 Å². The number of piperidine rings is 1. The third kappa shape index (κ3) is 4.76. The van der Waals surface area contributed by atoms with Gasteiger partial charge in [-0.05, 0) is 55.2 Å². The second kappa shape index (κ2) is 9.83. The minimum absolute atomic E-state index is 0.0855. The molecule has 2 aromatic heterocycles. The number of aryl methyl sites for hydroxylation is 1. The molecule has 4 aromatic rings. The number of carbonyl (C=O) groups is 1. The number of anilines is 1. The highest BCUT2D eigenvalue weighted by atomic mass is 32.2. The highest BCUT2D eigenvalue weighted by molar-refractivity contribution is 7.89. The van der Waals surface area contributed by atoms with Crippen LogP contribution in [0.1, 0.15) is 42.8 Å². The van der Waals surface area contributed by atoms with Crippen LogP contribution in [0.15, 0.2) is 71.8 Å². The Balaban J connectivity index is 1.42. The molecule has 2 aromatic carbocycles. The zero-order valence-corrected chi connectivity index (χ0v) is 21.2. The van der Waals surface area contributed by atoms with Crippen LogP contribution in [0.25, 0.3) is 11.2 Å². The molecule has 1 N–H and O–H groups in total. The van der Waals surface area contributed by atoms with Crippen molar-refractivity contribution >= 4 is 32.8 Å². The molecule has 0 spiro atoms. The summed E-state index contributed by atoms with van der Waals surface area (Å²) >= 11 is 0. The molecule has 186 valence electrons. The molecular formula is C27H29N5O3S. The summed E-state index contributed by atoms with van der Waals surface area (Å²) < 4.78 is 30.9. The molecule has 0 unspecified atom stereocenters. The number of imidazole rings is 1. The monoisotopic (exact) mass is 503 g/mol. The van der Waals surface area contributed by atoms with Crippen LogP contribution in [-0.4, -0.2) is 46.3 Å². The summed E-state index contributed by atoms with van der Waals surface area (Å²) in [5.74, 6) is 0.627. The standard InChI is InChI=1S/C27H29N5O3S/c1-19-10-11-23(29-20(2)33)25(17-19)36(34,35)31-15-12-22(13-16-31)32-26(18-21-7-4-3-5-8-21)30-24-9-6-14-28-27(24)32/h3-11,14,17,22H,12-13,15-16,18H2,1-2H3,(H,29,33). The molecule has 1 aliphatic heterocycles. The molecule has 1 amide bonds. The predicted octanol–water partition coefficient (Wildman–Crippen LogP) is 4.31. The number of benzene rings is 2. The van der Waals surface area contributed by atoms with Crippen molar-refractivity contribution in [3.05, 3.63) is 83.8 Å². The second-order valence-corrected chi connectivity index (χ2v) is 11.1. The van der Waals surface area contributed by atoms with E-state index < -0.39 is 10.0 Å². The van der Waals surface area contributed by atoms with Gasteiger partial charge in [0.25, 0.3) is 0 Å². The van der Waals surface area contributed by atoms with E-state index in [1.807, 2.05) is 37.3 Å². The summed E-state index contributed by atoms with van der Waals surface area (Å²) in [4.78, 5) is 21.3. The maximum atomic E-state index is 13.6. The quantitative estimate of drug-likeness (QED) is 0.423. The summed E-state index contributed by atoms with van der Waals surface area (Å²) in [5, 5.41) is 2.66. The van der Waals surface area contributed by atoms with Crippen molar-refractivity contribution in [2.24, 2.45) is 0 Å². The van der Waals surface area contributed by atoms with E-state index in [1.165, 1.54) is 16.8 Å². The van der Waals surface area contributed by atoms with E-state index in [0.29, 0.717) is 38.0 Å². The number of carbonyl (C=O) groups excluding carboxylic acids is 1. The number of hydrogen-bond acceptors (Lipinski definition) is 5. The molecule has 0 bridgehead atoms. The minimum atomic E-state index is -3.78. The second-order valence-electron chi connectivity index (χ2n) is 9.22. The number of nitrogens with zero attached hydrogens (tertiary/aromatic N) is 4. The predicted molar refractivity (Wildman–Crippen MR) is 139 cm³/mol. The number of hydrogen-bond donors (Lipinski definition) is 1. The molecular weight excluding hydrogens is 474 g/mol. The fraction of sp³-hybridized carbons (Fsp3) is 0.296. The van der Waals surface area contributed by atoms with E-state index in [1.54, 1.807) is 24.4 Å². The van der Waals surface area contributed by atoms with Crippen LogP contribution in [0.3, 0.4) is 0 Å². The van der Waals surface area contributed by atoms with Crippen LogP contribution in [0, 0.1) is 6.92 Å². The van der Waals surface area contributed by atoms with Crippen LogP contribution in [0.5, 0.6) is 0 Å². The number of aromatic nitrogens is 3. The van der Waals surface area contributed by atoms with Gasteiger partial charge in [0.05, 0.1) is 5.69 Å². The maximum absolute atomic E-state index is 13.6. The molecule has 0 saturated carbocycles. The SMILES string of the molecule is CC(=O)Nc1ccc(C)cc1S(=O)(=O)N1CCC(n2c(Cc3ccccc3)nc3cccnc32)CC1. The first kappa shape index (κ1) is 24.1. The largest absolute Gasteiger partial charge is 0.325 e. The third-order valence-electron chi connectivity index (χ3n) is 6.58. The van der Waals surface area contributed by atoms with Crippen molar-refractivity contribution in [1.29, 1.82) is 0 Å². The van der Waals surface area contributed by atoms with Crippen molar-refractivity contribution in [3.8, 4) is 0 Å². The van der Waals surface area contributed by atoms with Crippen LogP contribution in [-0.2, 0) is 21.2 Å². The molecule has 1 fully saturated rings. The van der Waals surface area contributed by atoms with Crippen LogP contribution >= 0.6 is 0 Å². The van der Waals surface area contributed by atoms with Gasteiger partial charge in [0.2, 0.25) is 15.9 Å². The lowest BCUT2D eigenvalue weighted by atomic mass is 10.1. The molecule has 1 saturated heterocycles. The first-order valence-electron chi connectivity index (χ1n) is 12.1. The summed E-state index contributed by atoms with van der Waals surface area (Å²) in [6.45, 7) is 3.96. The van der Waals surface area contributed by atoms with Gasteiger partial charge in [0, 0.05) is 38.7 Å². The minimum Gasteiger partial charge on any atom is -0.325 e. The average molecular weight is 504 g/mol. The summed E-state index contributed by atoms with van der Waals surface area (Å²) in [7, 11) is -3.78. The number of amides is 1. The average Bonchev–Trinajstić information content (AvgIpc) is 3.23. The zero-order chi connectivity index (χ0) is 25.3. The molecule has 1 aliphatic rings. The van der Waals surface area contributed by atoms with Gasteiger partial charge in [-0.25, -0.2) is 18.4 Å². The number of sulfonamides is 1. The van der Waals surface area contributed by atoms with E-state index in [9.17, 15) is 13.2 Å². The fourth-order valence-corrected chi connectivity index (χ4v) is 6.58. The molecule has 0 atom stereocenters. The maximum Gasteiger partial charge on any atom is 0.245 e. The normalized spacial score (nSPS) is 15.3. The van der Waals surface area contributed by atoms with Gasteiger partial charge in [-0.15, -0.1) is 0 Å². The van der Waals surface area contributed by atoms with E-state index in [0.717, 1.165) is 22.6 Å². The number of rotatable bonds is 6. The van der Waals surface area contributed by atoms with Crippen molar-refractivity contribution in [1.82, 2.24) is 18.8 Å². The van der Waals surface area contributed by atoms with Crippen molar-refractivity contribution in [3.63, 3.8) is 0 Å². The lowest BCUT2D eigenvalue weighted by Gasteiger charge is -2.33. The first-order valence-corrected chi connectivity index (χ1v) is 13.5. The molecule has 36 heavy (non-hydrogen) atoms. The van der Waals surface area contributed by atoms with E-state index in [2.05, 4.69) is 27.0 Å². The zero-order valence-electron chi connectivity index (χ0n) is 20.4. The molecule has 5 rings (SSSR count). The summed E-state index contributed by atoms with van der Waals surface area (Å²) in [5.41, 5.74) is 3.97. The summed E-state index contributed by atoms with van der Waals surface area (Å²) in [6.07, 6.45) is 3.74. The Morgan fingerprint density at radius 2 is 1.81 bits per heavy atom. The Morgan fingerprint density at radius 1 is 1.06 bits per heavy atom. The van der Waals surface area contributed by atoms with Crippen molar-refractivity contribution in [2.45, 2.75) is 44.0 Å². The Labute approximate surface area is 211 Å². The van der Waals surface area contributed by atoms with Gasteiger partial charge in [0.1, 0.15) is 16.2 Å². The fourth-order valence-electron chi connectivity index (χ4n) is 4.88. The molecule has 9 heteroatoms. The molecule has 3 heterocycles. The van der Waals surface area contributed by atoms with Crippen molar-refractivity contribution < 1.29 is 13.2 Å². The number of fused-ring (bicyclic) bond motifs is 1. The van der Waals surface area contributed by atoms with E-state index in [-0.39, 0.29) is 16.8 Å².